The number of rotatable bonds is 5. The molecule has 4 nitrogen and oxygen atoms in total. The van der Waals surface area contributed by atoms with E-state index >= 15 is 0 Å². The summed E-state index contributed by atoms with van der Waals surface area (Å²) in [5.74, 6) is 1.77. The first-order valence-electron chi connectivity index (χ1n) is 6.24. The molecule has 1 aliphatic heterocycles. The number of hydrogen-bond donors (Lipinski definition) is 1. The summed E-state index contributed by atoms with van der Waals surface area (Å²) in [4.78, 5) is 6.77. The fraction of sp³-hybridized carbons (Fsp3) is 0.750. The molecule has 90 valence electrons. The van der Waals surface area contributed by atoms with E-state index in [-0.39, 0.29) is 0 Å². The van der Waals surface area contributed by atoms with Gasteiger partial charge >= 0.3 is 0 Å². The van der Waals surface area contributed by atoms with E-state index in [0.717, 1.165) is 31.0 Å². The summed E-state index contributed by atoms with van der Waals surface area (Å²) < 4.78 is 5.60. The summed E-state index contributed by atoms with van der Waals surface area (Å²) in [6, 6.07) is 0. The van der Waals surface area contributed by atoms with Crippen LogP contribution >= 0.6 is 0 Å². The van der Waals surface area contributed by atoms with Crippen molar-refractivity contribution in [3.05, 3.63) is 17.8 Å². The molecule has 0 unspecified atom stereocenters. The minimum Gasteiger partial charge on any atom is -0.446 e. The Kier molecular flexibility index (Phi) is 4.36. The van der Waals surface area contributed by atoms with Crippen molar-refractivity contribution in [1.82, 2.24) is 9.88 Å². The molecule has 2 rings (SSSR count). The summed E-state index contributed by atoms with van der Waals surface area (Å²) in [5.41, 5.74) is 5.46. The Balaban J connectivity index is 1.75. The molecule has 1 aromatic heterocycles. The molecule has 0 atom stereocenters. The monoisotopic (exact) mass is 223 g/mol. The van der Waals surface area contributed by atoms with Crippen LogP contribution < -0.4 is 5.73 Å². The second-order valence-electron chi connectivity index (χ2n) is 4.41. The number of oxazole rings is 1. The first-order valence-corrected chi connectivity index (χ1v) is 6.24. The van der Waals surface area contributed by atoms with Crippen molar-refractivity contribution in [3.8, 4) is 0 Å². The summed E-state index contributed by atoms with van der Waals surface area (Å²) in [7, 11) is 0. The molecule has 0 aromatic carbocycles. The third-order valence-electron chi connectivity index (χ3n) is 3.08. The van der Waals surface area contributed by atoms with E-state index in [0.29, 0.717) is 6.54 Å². The number of aromatic nitrogens is 1. The maximum atomic E-state index is 5.60. The predicted molar refractivity (Wildman–Crippen MR) is 63.3 cm³/mol. The summed E-state index contributed by atoms with van der Waals surface area (Å²) in [5, 5.41) is 0. The number of nitrogens with two attached hydrogens (primary N) is 1. The zero-order valence-electron chi connectivity index (χ0n) is 9.82. The number of nitrogens with zero attached hydrogens (tertiary/aromatic N) is 2. The van der Waals surface area contributed by atoms with Crippen molar-refractivity contribution in [2.45, 2.75) is 32.1 Å². The Bertz CT molecular complexity index is 305. The molecule has 0 amide bonds. The van der Waals surface area contributed by atoms with E-state index in [1.165, 1.54) is 32.4 Å². The van der Waals surface area contributed by atoms with Gasteiger partial charge < -0.3 is 15.1 Å². The van der Waals surface area contributed by atoms with Gasteiger partial charge in [0, 0.05) is 19.4 Å². The fourth-order valence-corrected chi connectivity index (χ4v) is 2.16. The zero-order valence-corrected chi connectivity index (χ0v) is 9.82. The number of piperidine rings is 1. The molecule has 16 heavy (non-hydrogen) atoms. The molecule has 0 spiro atoms. The van der Waals surface area contributed by atoms with Gasteiger partial charge in [-0.2, -0.15) is 0 Å². The number of likely N-dealkylation sites (tertiary alicyclic amines) is 1. The Morgan fingerprint density at radius 3 is 2.81 bits per heavy atom. The molecule has 0 aliphatic carbocycles. The van der Waals surface area contributed by atoms with E-state index in [4.69, 9.17) is 10.2 Å². The highest BCUT2D eigenvalue weighted by atomic mass is 16.4. The fourth-order valence-electron chi connectivity index (χ4n) is 2.16. The first kappa shape index (κ1) is 11.6. The lowest BCUT2D eigenvalue weighted by Gasteiger charge is -2.25. The van der Waals surface area contributed by atoms with Gasteiger partial charge in [0.2, 0.25) is 0 Å². The highest BCUT2D eigenvalue weighted by Crippen LogP contribution is 2.10. The Hall–Kier alpha value is -0.870. The maximum absolute atomic E-state index is 5.60. The van der Waals surface area contributed by atoms with E-state index < -0.39 is 0 Å². The van der Waals surface area contributed by atoms with Gasteiger partial charge in [-0.3, -0.25) is 0 Å². The molecule has 1 aliphatic rings. The topological polar surface area (TPSA) is 55.3 Å². The van der Waals surface area contributed by atoms with Gasteiger partial charge in [-0.25, -0.2) is 4.98 Å². The molecule has 2 N–H and O–H groups in total. The SMILES string of the molecule is NCCc1cnc(CCN2CCCCC2)o1. The van der Waals surface area contributed by atoms with Crippen LogP contribution in [-0.2, 0) is 12.8 Å². The van der Waals surface area contributed by atoms with Crippen molar-refractivity contribution in [2.24, 2.45) is 5.73 Å². The maximum Gasteiger partial charge on any atom is 0.195 e. The molecule has 1 saturated heterocycles. The van der Waals surface area contributed by atoms with Crippen LogP contribution in [0.4, 0.5) is 0 Å². The largest absolute Gasteiger partial charge is 0.446 e. The van der Waals surface area contributed by atoms with Gasteiger partial charge in [-0.1, -0.05) is 6.42 Å². The van der Waals surface area contributed by atoms with Crippen LogP contribution in [-0.4, -0.2) is 36.1 Å². The van der Waals surface area contributed by atoms with Gasteiger partial charge in [-0.15, -0.1) is 0 Å². The van der Waals surface area contributed by atoms with Crippen LogP contribution in [0.2, 0.25) is 0 Å². The second-order valence-corrected chi connectivity index (χ2v) is 4.41. The number of hydrogen-bond acceptors (Lipinski definition) is 4. The van der Waals surface area contributed by atoms with Crippen molar-refractivity contribution in [1.29, 1.82) is 0 Å². The minimum absolute atomic E-state index is 0.626. The van der Waals surface area contributed by atoms with Crippen LogP contribution in [0.25, 0.3) is 0 Å². The predicted octanol–water partition coefficient (Wildman–Crippen LogP) is 1.20. The third-order valence-corrected chi connectivity index (χ3v) is 3.08. The van der Waals surface area contributed by atoms with Crippen molar-refractivity contribution >= 4 is 0 Å². The first-order chi connectivity index (χ1) is 7.88. The average molecular weight is 223 g/mol. The van der Waals surface area contributed by atoms with Gasteiger partial charge in [0.05, 0.1) is 6.20 Å². The Morgan fingerprint density at radius 2 is 2.06 bits per heavy atom. The van der Waals surface area contributed by atoms with Gasteiger partial charge in [-0.05, 0) is 32.5 Å². The van der Waals surface area contributed by atoms with Crippen LogP contribution in [0.1, 0.15) is 30.9 Å². The summed E-state index contributed by atoms with van der Waals surface area (Å²) in [6.45, 7) is 4.16. The van der Waals surface area contributed by atoms with Gasteiger partial charge in [0.25, 0.3) is 0 Å². The minimum atomic E-state index is 0.626. The van der Waals surface area contributed by atoms with Crippen LogP contribution in [0.3, 0.4) is 0 Å². The molecule has 1 aromatic rings. The molecular weight excluding hydrogens is 202 g/mol. The van der Waals surface area contributed by atoms with Crippen molar-refractivity contribution in [2.75, 3.05) is 26.2 Å². The Labute approximate surface area is 96.8 Å². The van der Waals surface area contributed by atoms with E-state index in [1.807, 2.05) is 0 Å². The molecule has 0 radical (unpaired) electrons. The van der Waals surface area contributed by atoms with E-state index in [2.05, 4.69) is 9.88 Å². The smallest absolute Gasteiger partial charge is 0.195 e. The van der Waals surface area contributed by atoms with E-state index in [1.54, 1.807) is 6.20 Å². The molecule has 0 bridgehead atoms. The molecular formula is C12H21N3O. The lowest BCUT2D eigenvalue weighted by molar-refractivity contribution is 0.225. The normalized spacial score (nSPS) is 17.8. The highest BCUT2D eigenvalue weighted by molar-refractivity contribution is 4.95. The summed E-state index contributed by atoms with van der Waals surface area (Å²) >= 11 is 0. The van der Waals surface area contributed by atoms with Crippen LogP contribution in [0.15, 0.2) is 10.6 Å². The molecule has 1 fully saturated rings. The average Bonchev–Trinajstić information content (AvgIpc) is 2.76. The zero-order chi connectivity index (χ0) is 11.2. The summed E-state index contributed by atoms with van der Waals surface area (Å²) in [6.07, 6.45) is 7.57. The van der Waals surface area contributed by atoms with Crippen LogP contribution in [0.5, 0.6) is 0 Å². The second kappa shape index (κ2) is 6.01. The van der Waals surface area contributed by atoms with Crippen LogP contribution in [0, 0.1) is 0 Å². The standard InChI is InChI=1S/C12H21N3O/c13-6-4-11-10-14-12(16-11)5-9-15-7-2-1-3-8-15/h10H,1-9,13H2. The Morgan fingerprint density at radius 1 is 1.25 bits per heavy atom. The third kappa shape index (κ3) is 3.32. The van der Waals surface area contributed by atoms with Crippen molar-refractivity contribution in [3.63, 3.8) is 0 Å². The molecule has 0 saturated carbocycles. The highest BCUT2D eigenvalue weighted by Gasteiger charge is 2.11. The quantitative estimate of drug-likeness (QED) is 0.815. The van der Waals surface area contributed by atoms with Gasteiger partial charge in [0.15, 0.2) is 5.89 Å². The van der Waals surface area contributed by atoms with Gasteiger partial charge in [0.1, 0.15) is 5.76 Å². The van der Waals surface area contributed by atoms with Crippen molar-refractivity contribution < 1.29 is 4.42 Å². The lowest BCUT2D eigenvalue weighted by atomic mass is 10.1. The van der Waals surface area contributed by atoms with E-state index in [9.17, 15) is 0 Å². The molecule has 2 heterocycles. The molecule has 4 heteroatoms. The lowest BCUT2D eigenvalue weighted by Crippen LogP contribution is -2.31.